The standard InChI is InChI=1S/C13H17FN2O2/c1-8-6-16(7-10(8)15)13(17)12-9(14)4-3-5-11(12)18-2/h3-5,8,10H,6-7,15H2,1-2H3. The normalized spacial score (nSPS) is 23.2. The Hall–Kier alpha value is -1.62. The van der Waals surface area contributed by atoms with Crippen LogP contribution in [0.2, 0.25) is 0 Å². The van der Waals surface area contributed by atoms with Crippen molar-refractivity contribution >= 4 is 5.91 Å². The quantitative estimate of drug-likeness (QED) is 0.862. The van der Waals surface area contributed by atoms with Crippen molar-refractivity contribution in [2.45, 2.75) is 13.0 Å². The average molecular weight is 252 g/mol. The van der Waals surface area contributed by atoms with Gasteiger partial charge in [0.15, 0.2) is 0 Å². The summed E-state index contributed by atoms with van der Waals surface area (Å²) in [6.45, 7) is 2.99. The van der Waals surface area contributed by atoms with Crippen LogP contribution in [-0.4, -0.2) is 37.0 Å². The number of ether oxygens (including phenoxy) is 1. The highest BCUT2D eigenvalue weighted by atomic mass is 19.1. The van der Waals surface area contributed by atoms with Gasteiger partial charge in [0.2, 0.25) is 0 Å². The van der Waals surface area contributed by atoms with Gasteiger partial charge in [0.25, 0.3) is 5.91 Å². The van der Waals surface area contributed by atoms with Crippen LogP contribution >= 0.6 is 0 Å². The Morgan fingerprint density at radius 3 is 2.78 bits per heavy atom. The molecule has 2 N–H and O–H groups in total. The zero-order valence-electron chi connectivity index (χ0n) is 10.5. The molecule has 0 aromatic heterocycles. The summed E-state index contributed by atoms with van der Waals surface area (Å²) in [5.74, 6) is -0.433. The van der Waals surface area contributed by atoms with Gasteiger partial charge in [0.05, 0.1) is 7.11 Å². The van der Waals surface area contributed by atoms with E-state index < -0.39 is 5.82 Å². The Kier molecular flexibility index (Phi) is 3.52. The Morgan fingerprint density at radius 2 is 2.22 bits per heavy atom. The molecule has 0 spiro atoms. The van der Waals surface area contributed by atoms with E-state index in [9.17, 15) is 9.18 Å². The van der Waals surface area contributed by atoms with Crippen LogP contribution in [0.25, 0.3) is 0 Å². The second-order valence-electron chi connectivity index (χ2n) is 4.67. The SMILES string of the molecule is COc1cccc(F)c1C(=O)N1CC(C)C(N)C1. The monoisotopic (exact) mass is 252 g/mol. The number of halogens is 1. The van der Waals surface area contributed by atoms with Crippen molar-refractivity contribution in [1.82, 2.24) is 4.90 Å². The minimum Gasteiger partial charge on any atom is -0.496 e. The molecule has 1 aromatic carbocycles. The predicted octanol–water partition coefficient (Wildman–Crippen LogP) is 1.25. The van der Waals surface area contributed by atoms with Crippen molar-refractivity contribution in [3.63, 3.8) is 0 Å². The van der Waals surface area contributed by atoms with Crippen LogP contribution in [0.15, 0.2) is 18.2 Å². The second-order valence-corrected chi connectivity index (χ2v) is 4.67. The van der Waals surface area contributed by atoms with Crippen molar-refractivity contribution in [3.05, 3.63) is 29.6 Å². The van der Waals surface area contributed by atoms with E-state index in [1.807, 2.05) is 6.92 Å². The molecule has 1 aliphatic rings. The summed E-state index contributed by atoms with van der Waals surface area (Å²) in [4.78, 5) is 13.9. The molecule has 1 saturated heterocycles. The number of hydrogen-bond acceptors (Lipinski definition) is 3. The third kappa shape index (κ3) is 2.18. The van der Waals surface area contributed by atoms with Crippen molar-refractivity contribution in [3.8, 4) is 5.75 Å². The van der Waals surface area contributed by atoms with E-state index in [1.54, 1.807) is 11.0 Å². The molecule has 0 radical (unpaired) electrons. The molecule has 1 aromatic rings. The zero-order chi connectivity index (χ0) is 13.3. The highest BCUT2D eigenvalue weighted by molar-refractivity contribution is 5.97. The first-order valence-corrected chi connectivity index (χ1v) is 5.92. The van der Waals surface area contributed by atoms with Crippen molar-refractivity contribution in [2.24, 2.45) is 11.7 Å². The number of methoxy groups -OCH3 is 1. The molecule has 1 aliphatic heterocycles. The fourth-order valence-corrected chi connectivity index (χ4v) is 2.20. The fourth-order valence-electron chi connectivity index (χ4n) is 2.20. The molecule has 1 heterocycles. The molecule has 0 saturated carbocycles. The molecule has 4 nitrogen and oxygen atoms in total. The number of benzene rings is 1. The molecular formula is C13H17FN2O2. The van der Waals surface area contributed by atoms with Crippen LogP contribution in [-0.2, 0) is 0 Å². The van der Waals surface area contributed by atoms with E-state index in [-0.39, 0.29) is 29.2 Å². The van der Waals surface area contributed by atoms with E-state index in [4.69, 9.17) is 10.5 Å². The molecule has 98 valence electrons. The van der Waals surface area contributed by atoms with Gasteiger partial charge in [-0.15, -0.1) is 0 Å². The summed E-state index contributed by atoms with van der Waals surface area (Å²) in [5.41, 5.74) is 5.86. The number of carbonyl (C=O) groups is 1. The summed E-state index contributed by atoms with van der Waals surface area (Å²) in [5, 5.41) is 0. The van der Waals surface area contributed by atoms with Gasteiger partial charge in [0.1, 0.15) is 17.1 Å². The largest absolute Gasteiger partial charge is 0.496 e. The number of likely N-dealkylation sites (tertiary alicyclic amines) is 1. The smallest absolute Gasteiger partial charge is 0.260 e. The van der Waals surface area contributed by atoms with Crippen molar-refractivity contribution in [2.75, 3.05) is 20.2 Å². The Labute approximate surface area is 106 Å². The van der Waals surface area contributed by atoms with E-state index in [2.05, 4.69) is 0 Å². The minimum atomic E-state index is -0.563. The number of nitrogens with two attached hydrogens (primary N) is 1. The summed E-state index contributed by atoms with van der Waals surface area (Å²) in [6, 6.07) is 4.31. The van der Waals surface area contributed by atoms with E-state index >= 15 is 0 Å². The van der Waals surface area contributed by atoms with Gasteiger partial charge < -0.3 is 15.4 Å². The summed E-state index contributed by atoms with van der Waals surface area (Å²) in [6.07, 6.45) is 0. The number of nitrogens with zero attached hydrogens (tertiary/aromatic N) is 1. The van der Waals surface area contributed by atoms with Crippen LogP contribution in [0.1, 0.15) is 17.3 Å². The number of hydrogen-bond donors (Lipinski definition) is 1. The van der Waals surface area contributed by atoms with Gasteiger partial charge in [-0.2, -0.15) is 0 Å². The van der Waals surface area contributed by atoms with E-state index in [0.29, 0.717) is 13.1 Å². The molecule has 0 bridgehead atoms. The van der Waals surface area contributed by atoms with E-state index in [0.717, 1.165) is 0 Å². The highest BCUT2D eigenvalue weighted by Crippen LogP contribution is 2.25. The summed E-state index contributed by atoms with van der Waals surface area (Å²) < 4.78 is 18.8. The summed E-state index contributed by atoms with van der Waals surface area (Å²) in [7, 11) is 1.42. The van der Waals surface area contributed by atoms with E-state index in [1.165, 1.54) is 19.2 Å². The maximum atomic E-state index is 13.8. The first-order chi connectivity index (χ1) is 8.54. The number of carbonyl (C=O) groups excluding carboxylic acids is 1. The Morgan fingerprint density at radius 1 is 1.50 bits per heavy atom. The van der Waals surface area contributed by atoms with Crippen LogP contribution in [0.4, 0.5) is 4.39 Å². The molecule has 2 unspecified atom stereocenters. The molecule has 1 fully saturated rings. The maximum absolute atomic E-state index is 13.8. The third-order valence-electron chi connectivity index (χ3n) is 3.37. The van der Waals surface area contributed by atoms with Gasteiger partial charge in [-0.1, -0.05) is 13.0 Å². The van der Waals surface area contributed by atoms with Crippen LogP contribution < -0.4 is 10.5 Å². The van der Waals surface area contributed by atoms with Crippen LogP contribution in [0.3, 0.4) is 0 Å². The maximum Gasteiger partial charge on any atom is 0.260 e. The first-order valence-electron chi connectivity index (χ1n) is 5.92. The molecule has 2 rings (SSSR count). The van der Waals surface area contributed by atoms with Gasteiger partial charge >= 0.3 is 0 Å². The molecule has 5 heteroatoms. The lowest BCUT2D eigenvalue weighted by Crippen LogP contribution is -2.32. The number of rotatable bonds is 2. The summed E-state index contributed by atoms with van der Waals surface area (Å²) >= 11 is 0. The molecule has 2 atom stereocenters. The molecule has 18 heavy (non-hydrogen) atoms. The van der Waals surface area contributed by atoms with Gasteiger partial charge in [-0.25, -0.2) is 4.39 Å². The number of amides is 1. The van der Waals surface area contributed by atoms with Crippen molar-refractivity contribution < 1.29 is 13.9 Å². The van der Waals surface area contributed by atoms with Gasteiger partial charge in [-0.3, -0.25) is 4.79 Å². The third-order valence-corrected chi connectivity index (χ3v) is 3.37. The fraction of sp³-hybridized carbons (Fsp3) is 0.462. The molecule has 0 aliphatic carbocycles. The highest BCUT2D eigenvalue weighted by Gasteiger charge is 2.32. The Balaban J connectivity index is 2.29. The molecule has 1 amide bonds. The lowest BCUT2D eigenvalue weighted by atomic mass is 10.1. The lowest BCUT2D eigenvalue weighted by Gasteiger charge is -2.18. The predicted molar refractivity (Wildman–Crippen MR) is 66.0 cm³/mol. The Bertz CT molecular complexity index is 454. The van der Waals surface area contributed by atoms with Gasteiger partial charge in [-0.05, 0) is 18.1 Å². The zero-order valence-corrected chi connectivity index (χ0v) is 10.5. The lowest BCUT2D eigenvalue weighted by molar-refractivity contribution is 0.0778. The molecular weight excluding hydrogens is 235 g/mol. The topological polar surface area (TPSA) is 55.6 Å². The second kappa shape index (κ2) is 4.94. The van der Waals surface area contributed by atoms with Crippen LogP contribution in [0, 0.1) is 11.7 Å². The van der Waals surface area contributed by atoms with Gasteiger partial charge in [0, 0.05) is 19.1 Å². The van der Waals surface area contributed by atoms with Crippen molar-refractivity contribution in [1.29, 1.82) is 0 Å². The minimum absolute atomic E-state index is 0.0127. The first kappa shape index (κ1) is 12.8. The van der Waals surface area contributed by atoms with Crippen LogP contribution in [0.5, 0.6) is 5.75 Å². The average Bonchev–Trinajstić information content (AvgIpc) is 2.68.